The van der Waals surface area contributed by atoms with Crippen molar-refractivity contribution in [3.8, 4) is 0 Å². The summed E-state index contributed by atoms with van der Waals surface area (Å²) in [6.45, 7) is 1.87. The van der Waals surface area contributed by atoms with Crippen LogP contribution in [0, 0.1) is 5.92 Å². The maximum atomic E-state index is 13.0. The summed E-state index contributed by atoms with van der Waals surface area (Å²) in [6, 6.07) is -0.170. The van der Waals surface area contributed by atoms with Gasteiger partial charge in [-0.05, 0) is 24.4 Å². The summed E-state index contributed by atoms with van der Waals surface area (Å²) >= 11 is 5.83. The second kappa shape index (κ2) is 7.46. The average Bonchev–Trinajstić information content (AvgIpc) is 3.18. The molecule has 4 rings (SSSR count). The molecule has 0 unspecified atom stereocenters. The first-order chi connectivity index (χ1) is 12.7. The highest BCUT2D eigenvalue weighted by Crippen LogP contribution is 2.32. The van der Waals surface area contributed by atoms with Gasteiger partial charge in [-0.25, -0.2) is 15.0 Å². The summed E-state index contributed by atoms with van der Waals surface area (Å²) in [5, 5.41) is 1.66. The lowest BCUT2D eigenvalue weighted by molar-refractivity contribution is -0.182. The van der Waals surface area contributed by atoms with Gasteiger partial charge in [0, 0.05) is 37.8 Å². The highest BCUT2D eigenvalue weighted by Gasteiger charge is 2.37. The van der Waals surface area contributed by atoms with Crippen LogP contribution >= 0.6 is 11.6 Å². The van der Waals surface area contributed by atoms with E-state index in [0.29, 0.717) is 38.5 Å². The molecule has 2 fully saturated rings. The van der Waals surface area contributed by atoms with E-state index >= 15 is 0 Å². The smallest absolute Gasteiger partial charge is 0.250 e. The molecule has 2 aliphatic heterocycles. The summed E-state index contributed by atoms with van der Waals surface area (Å²) < 4.78 is 0. The van der Waals surface area contributed by atoms with Crippen molar-refractivity contribution in [2.45, 2.75) is 25.3 Å². The highest BCUT2D eigenvalue weighted by molar-refractivity contribution is 6.28. The number of carbonyl (C=O) groups excluding carboxylic acids is 1. The van der Waals surface area contributed by atoms with Gasteiger partial charge in [-0.1, -0.05) is 0 Å². The number of hydrogen-bond donors (Lipinski definition) is 0. The van der Waals surface area contributed by atoms with Gasteiger partial charge in [0.05, 0.1) is 18.5 Å². The van der Waals surface area contributed by atoms with Crippen LogP contribution in [0.15, 0.2) is 24.9 Å². The Hall–Kier alpha value is -2.39. The second-order valence-electron chi connectivity index (χ2n) is 6.25. The van der Waals surface area contributed by atoms with E-state index < -0.39 is 0 Å². The topological polar surface area (TPSA) is 97.2 Å². The molecule has 0 aromatic carbocycles. The molecule has 2 saturated heterocycles. The number of amides is 1. The summed E-state index contributed by atoms with van der Waals surface area (Å²) in [7, 11) is 0. The minimum absolute atomic E-state index is 0.00600. The molecule has 1 atom stereocenters. The predicted molar refractivity (Wildman–Crippen MR) is 92.0 cm³/mol. The highest BCUT2D eigenvalue weighted by atomic mass is 35.5. The zero-order valence-corrected chi connectivity index (χ0v) is 14.8. The van der Waals surface area contributed by atoms with Gasteiger partial charge >= 0.3 is 0 Å². The fourth-order valence-electron chi connectivity index (χ4n) is 3.36. The summed E-state index contributed by atoms with van der Waals surface area (Å²) in [5.74, 6) is 0.457. The number of rotatable bonds is 3. The number of halogens is 1. The van der Waals surface area contributed by atoms with Gasteiger partial charge < -0.3 is 4.90 Å². The van der Waals surface area contributed by atoms with Crippen molar-refractivity contribution in [1.29, 1.82) is 0 Å². The van der Waals surface area contributed by atoms with E-state index in [1.165, 1.54) is 11.4 Å². The minimum atomic E-state index is -0.170. The standard InChI is InChI=1S/C16H18ClN7O2/c17-15-20-10-21-16(22-15)23-6-1-11(2-7-23)14(25)24-13(3-8-26-24)12-9-18-4-5-19-12/h4-5,9-11,13H,1-3,6-8H2/t13-/m0/s1. The minimum Gasteiger partial charge on any atom is -0.341 e. The molecule has 0 radical (unpaired) electrons. The number of nitrogens with zero attached hydrogens (tertiary/aromatic N) is 7. The van der Waals surface area contributed by atoms with Gasteiger partial charge in [-0.2, -0.15) is 4.98 Å². The molecule has 0 bridgehead atoms. The second-order valence-corrected chi connectivity index (χ2v) is 6.59. The van der Waals surface area contributed by atoms with Crippen molar-refractivity contribution >= 4 is 23.5 Å². The predicted octanol–water partition coefficient (Wildman–Crippen LogP) is 1.44. The summed E-state index contributed by atoms with van der Waals surface area (Å²) in [6.07, 6.45) is 8.47. The Morgan fingerprint density at radius 2 is 2.00 bits per heavy atom. The molecule has 26 heavy (non-hydrogen) atoms. The molecule has 1 amide bonds. The summed E-state index contributed by atoms with van der Waals surface area (Å²) in [5.41, 5.74) is 0.760. The van der Waals surface area contributed by atoms with Crippen LogP contribution in [-0.2, 0) is 9.63 Å². The lowest BCUT2D eigenvalue weighted by atomic mass is 9.95. The van der Waals surface area contributed by atoms with Gasteiger partial charge in [-0.15, -0.1) is 0 Å². The quantitative estimate of drug-likeness (QED) is 0.794. The Kier molecular flexibility index (Phi) is 4.89. The molecule has 2 aliphatic rings. The molecule has 0 saturated carbocycles. The van der Waals surface area contributed by atoms with Crippen LogP contribution < -0.4 is 4.90 Å². The first-order valence-corrected chi connectivity index (χ1v) is 8.91. The number of carbonyl (C=O) groups is 1. The Labute approximate surface area is 155 Å². The number of anilines is 1. The van der Waals surface area contributed by atoms with E-state index in [1.54, 1.807) is 18.6 Å². The zero-order valence-electron chi connectivity index (χ0n) is 14.0. The Bertz CT molecular complexity index is 770. The zero-order chi connectivity index (χ0) is 17.9. The molecule has 2 aromatic rings. The van der Waals surface area contributed by atoms with Crippen molar-refractivity contribution in [3.63, 3.8) is 0 Å². The lowest BCUT2D eigenvalue weighted by Gasteiger charge is -2.33. The van der Waals surface area contributed by atoms with Crippen LogP contribution in [0.5, 0.6) is 0 Å². The fraction of sp³-hybridized carbons (Fsp3) is 0.500. The average molecular weight is 376 g/mol. The number of piperidine rings is 1. The van der Waals surface area contributed by atoms with Crippen molar-refractivity contribution in [1.82, 2.24) is 30.0 Å². The van der Waals surface area contributed by atoms with Crippen molar-refractivity contribution in [3.05, 3.63) is 35.9 Å². The third-order valence-corrected chi connectivity index (χ3v) is 4.89. The van der Waals surface area contributed by atoms with E-state index in [9.17, 15) is 4.79 Å². The van der Waals surface area contributed by atoms with E-state index in [-0.39, 0.29) is 23.2 Å². The van der Waals surface area contributed by atoms with Crippen LogP contribution in [0.1, 0.15) is 31.0 Å². The number of hydroxylamine groups is 2. The third-order valence-electron chi connectivity index (χ3n) is 4.70. The van der Waals surface area contributed by atoms with Crippen LogP contribution in [0.2, 0.25) is 5.28 Å². The number of hydrogen-bond acceptors (Lipinski definition) is 8. The van der Waals surface area contributed by atoms with Crippen molar-refractivity contribution in [2.24, 2.45) is 5.92 Å². The molecule has 0 spiro atoms. The van der Waals surface area contributed by atoms with Gasteiger partial charge in [-0.3, -0.25) is 19.6 Å². The molecule has 2 aromatic heterocycles. The first-order valence-electron chi connectivity index (χ1n) is 8.54. The van der Waals surface area contributed by atoms with Gasteiger partial charge in [0.2, 0.25) is 17.1 Å². The van der Waals surface area contributed by atoms with Gasteiger partial charge in [0.25, 0.3) is 0 Å². The van der Waals surface area contributed by atoms with E-state index in [0.717, 1.165) is 12.1 Å². The fourth-order valence-corrected chi connectivity index (χ4v) is 3.48. The normalized spacial score (nSPS) is 21.2. The van der Waals surface area contributed by atoms with Crippen LogP contribution in [0.4, 0.5) is 5.95 Å². The maximum Gasteiger partial charge on any atom is 0.250 e. The lowest BCUT2D eigenvalue weighted by Crippen LogP contribution is -2.42. The van der Waals surface area contributed by atoms with Crippen LogP contribution in [0.3, 0.4) is 0 Å². The molecule has 10 heteroatoms. The number of aromatic nitrogens is 5. The van der Waals surface area contributed by atoms with Gasteiger partial charge in [0.1, 0.15) is 12.4 Å². The molecule has 9 nitrogen and oxygen atoms in total. The van der Waals surface area contributed by atoms with Crippen molar-refractivity contribution < 1.29 is 9.63 Å². The molecule has 4 heterocycles. The van der Waals surface area contributed by atoms with Crippen LogP contribution in [-0.4, -0.2) is 55.6 Å². The van der Waals surface area contributed by atoms with Crippen molar-refractivity contribution in [2.75, 3.05) is 24.6 Å². The van der Waals surface area contributed by atoms with Crippen LogP contribution in [0.25, 0.3) is 0 Å². The first kappa shape index (κ1) is 17.0. The Balaban J connectivity index is 1.40. The van der Waals surface area contributed by atoms with E-state index in [2.05, 4.69) is 24.9 Å². The SMILES string of the molecule is O=C(C1CCN(c2ncnc(Cl)n2)CC1)N1OCC[C@H]1c1cnccn1. The molecule has 0 aliphatic carbocycles. The molecule has 136 valence electrons. The monoisotopic (exact) mass is 375 g/mol. The summed E-state index contributed by atoms with van der Waals surface area (Å²) in [4.78, 5) is 41.1. The van der Waals surface area contributed by atoms with Gasteiger partial charge in [0.15, 0.2) is 0 Å². The molecular weight excluding hydrogens is 358 g/mol. The van der Waals surface area contributed by atoms with E-state index in [4.69, 9.17) is 16.4 Å². The largest absolute Gasteiger partial charge is 0.341 e. The molecular formula is C16H18ClN7O2. The third kappa shape index (κ3) is 3.45. The maximum absolute atomic E-state index is 13.0. The van der Waals surface area contributed by atoms with E-state index in [1.807, 2.05) is 4.90 Å². The molecule has 0 N–H and O–H groups in total. The Morgan fingerprint density at radius 1 is 1.15 bits per heavy atom. The Morgan fingerprint density at radius 3 is 2.73 bits per heavy atom.